The topological polar surface area (TPSA) is 29.5 Å². The highest BCUT2D eigenvalue weighted by molar-refractivity contribution is 5.24. The van der Waals surface area contributed by atoms with E-state index in [1.54, 1.807) is 0 Å². The molecule has 0 spiro atoms. The van der Waals surface area contributed by atoms with Crippen LogP contribution in [-0.4, -0.2) is 17.3 Å². The number of ether oxygens (including phenoxy) is 1. The molecular formula is C12H14F2O2. The summed E-state index contributed by atoms with van der Waals surface area (Å²) >= 11 is 0. The first-order chi connectivity index (χ1) is 7.59. The Labute approximate surface area is 92.9 Å². The zero-order chi connectivity index (χ0) is 11.6. The zero-order valence-electron chi connectivity index (χ0n) is 8.88. The Bertz CT molecular complexity index is 373. The van der Waals surface area contributed by atoms with E-state index in [9.17, 15) is 13.9 Å². The Morgan fingerprint density at radius 2 is 1.94 bits per heavy atom. The predicted molar refractivity (Wildman–Crippen MR) is 55.3 cm³/mol. The van der Waals surface area contributed by atoms with E-state index < -0.39 is 17.2 Å². The fraction of sp³-hybridized carbons (Fsp3) is 0.500. The molecule has 16 heavy (non-hydrogen) atoms. The highest BCUT2D eigenvalue weighted by atomic mass is 19.1. The molecule has 0 atom stereocenters. The van der Waals surface area contributed by atoms with Crippen LogP contribution in [0, 0.1) is 11.6 Å². The minimum atomic E-state index is -0.846. The lowest BCUT2D eigenvalue weighted by atomic mass is 10.0. The molecule has 1 N–H and O–H groups in total. The van der Waals surface area contributed by atoms with Crippen LogP contribution in [0.5, 0.6) is 5.75 Å². The van der Waals surface area contributed by atoms with Crippen LogP contribution < -0.4 is 4.74 Å². The number of rotatable bonds is 3. The smallest absolute Gasteiger partial charge is 0.167 e. The van der Waals surface area contributed by atoms with Crippen LogP contribution in [0.1, 0.15) is 25.7 Å². The van der Waals surface area contributed by atoms with Gasteiger partial charge in [-0.15, -0.1) is 0 Å². The van der Waals surface area contributed by atoms with E-state index in [-0.39, 0.29) is 12.4 Å². The average molecular weight is 228 g/mol. The van der Waals surface area contributed by atoms with Gasteiger partial charge in [0.15, 0.2) is 11.6 Å². The molecule has 1 fully saturated rings. The second kappa shape index (κ2) is 4.37. The van der Waals surface area contributed by atoms with E-state index in [2.05, 4.69) is 0 Å². The first-order valence-corrected chi connectivity index (χ1v) is 5.39. The van der Waals surface area contributed by atoms with E-state index in [1.165, 1.54) is 6.07 Å². The van der Waals surface area contributed by atoms with Gasteiger partial charge in [-0.25, -0.2) is 8.78 Å². The van der Waals surface area contributed by atoms with E-state index >= 15 is 0 Å². The summed E-state index contributed by atoms with van der Waals surface area (Å²) in [7, 11) is 0. The molecule has 1 aromatic rings. The van der Waals surface area contributed by atoms with Gasteiger partial charge in [0.2, 0.25) is 0 Å². The first kappa shape index (κ1) is 11.3. The normalized spacial score (nSPS) is 18.7. The minimum absolute atomic E-state index is 0.0123. The molecule has 0 saturated heterocycles. The van der Waals surface area contributed by atoms with Crippen LogP contribution in [0.4, 0.5) is 8.78 Å². The SMILES string of the molecule is OC1(COc2ccc(F)cc2F)CCCC1. The van der Waals surface area contributed by atoms with Crippen LogP contribution in [0.3, 0.4) is 0 Å². The summed E-state index contributed by atoms with van der Waals surface area (Å²) in [6.45, 7) is 0.0650. The van der Waals surface area contributed by atoms with E-state index in [0.717, 1.165) is 25.0 Å². The highest BCUT2D eigenvalue weighted by Gasteiger charge is 2.32. The van der Waals surface area contributed by atoms with Gasteiger partial charge >= 0.3 is 0 Å². The van der Waals surface area contributed by atoms with Gasteiger partial charge in [-0.05, 0) is 25.0 Å². The lowest BCUT2D eigenvalue weighted by molar-refractivity contribution is 0.000306. The third-order valence-corrected chi connectivity index (χ3v) is 2.92. The van der Waals surface area contributed by atoms with Gasteiger partial charge in [-0.1, -0.05) is 12.8 Å². The average Bonchev–Trinajstić information content (AvgIpc) is 2.64. The Balaban J connectivity index is 1.99. The van der Waals surface area contributed by atoms with Crippen LogP contribution in [0.2, 0.25) is 0 Å². The first-order valence-electron chi connectivity index (χ1n) is 5.39. The molecule has 0 radical (unpaired) electrons. The molecule has 0 unspecified atom stereocenters. The monoisotopic (exact) mass is 228 g/mol. The van der Waals surface area contributed by atoms with Crippen molar-refractivity contribution in [2.24, 2.45) is 0 Å². The number of halogens is 2. The molecule has 88 valence electrons. The molecule has 0 aromatic heterocycles. The zero-order valence-corrected chi connectivity index (χ0v) is 8.88. The predicted octanol–water partition coefficient (Wildman–Crippen LogP) is 2.65. The summed E-state index contributed by atoms with van der Waals surface area (Å²) in [6, 6.07) is 3.15. The van der Waals surface area contributed by atoms with Crippen molar-refractivity contribution in [3.05, 3.63) is 29.8 Å². The second-order valence-electron chi connectivity index (χ2n) is 4.29. The molecule has 0 amide bonds. The van der Waals surface area contributed by atoms with Gasteiger partial charge in [-0.3, -0.25) is 0 Å². The van der Waals surface area contributed by atoms with Crippen molar-refractivity contribution in [2.75, 3.05) is 6.61 Å². The number of aliphatic hydroxyl groups is 1. The van der Waals surface area contributed by atoms with Crippen molar-refractivity contribution < 1.29 is 18.6 Å². The van der Waals surface area contributed by atoms with Gasteiger partial charge in [0.25, 0.3) is 0 Å². The molecule has 0 heterocycles. The van der Waals surface area contributed by atoms with Crippen LogP contribution in [0.25, 0.3) is 0 Å². The van der Waals surface area contributed by atoms with Crippen LogP contribution >= 0.6 is 0 Å². The Kier molecular flexibility index (Phi) is 3.10. The molecule has 0 aliphatic heterocycles. The Morgan fingerprint density at radius 1 is 1.25 bits per heavy atom. The number of benzene rings is 1. The Hall–Kier alpha value is -1.16. The van der Waals surface area contributed by atoms with Crippen LogP contribution in [0.15, 0.2) is 18.2 Å². The molecule has 1 aromatic carbocycles. The molecule has 1 aliphatic rings. The summed E-state index contributed by atoms with van der Waals surface area (Å²) < 4.78 is 31.0. The third-order valence-electron chi connectivity index (χ3n) is 2.92. The minimum Gasteiger partial charge on any atom is -0.488 e. The fourth-order valence-corrected chi connectivity index (χ4v) is 1.98. The summed E-state index contributed by atoms with van der Waals surface area (Å²) in [4.78, 5) is 0. The molecule has 2 rings (SSSR count). The van der Waals surface area contributed by atoms with Gasteiger partial charge in [0.1, 0.15) is 12.4 Å². The molecule has 2 nitrogen and oxygen atoms in total. The van der Waals surface area contributed by atoms with Crippen molar-refractivity contribution in [1.29, 1.82) is 0 Å². The number of hydrogen-bond acceptors (Lipinski definition) is 2. The summed E-state index contributed by atoms with van der Waals surface area (Å²) in [5.41, 5.74) is -0.846. The Morgan fingerprint density at radius 3 is 2.56 bits per heavy atom. The third kappa shape index (κ3) is 2.50. The van der Waals surface area contributed by atoms with E-state index in [4.69, 9.17) is 4.74 Å². The molecular weight excluding hydrogens is 214 g/mol. The maximum Gasteiger partial charge on any atom is 0.167 e. The van der Waals surface area contributed by atoms with Crippen molar-refractivity contribution >= 4 is 0 Å². The lowest BCUT2D eigenvalue weighted by Crippen LogP contribution is -2.32. The molecule has 1 aliphatic carbocycles. The lowest BCUT2D eigenvalue weighted by Gasteiger charge is -2.22. The van der Waals surface area contributed by atoms with Gasteiger partial charge in [-0.2, -0.15) is 0 Å². The fourth-order valence-electron chi connectivity index (χ4n) is 1.98. The van der Waals surface area contributed by atoms with Crippen molar-refractivity contribution in [1.82, 2.24) is 0 Å². The quantitative estimate of drug-likeness (QED) is 0.861. The van der Waals surface area contributed by atoms with Crippen LogP contribution in [-0.2, 0) is 0 Å². The maximum atomic E-state index is 13.2. The van der Waals surface area contributed by atoms with Crippen molar-refractivity contribution in [3.8, 4) is 5.75 Å². The van der Waals surface area contributed by atoms with Gasteiger partial charge in [0.05, 0.1) is 5.60 Å². The van der Waals surface area contributed by atoms with Crippen molar-refractivity contribution in [3.63, 3.8) is 0 Å². The molecule has 4 heteroatoms. The van der Waals surface area contributed by atoms with E-state index in [1.807, 2.05) is 0 Å². The standard InChI is InChI=1S/C12H14F2O2/c13-9-3-4-11(10(14)7-9)16-8-12(15)5-1-2-6-12/h3-4,7,15H,1-2,5-6,8H2. The van der Waals surface area contributed by atoms with Gasteiger partial charge in [0, 0.05) is 6.07 Å². The summed E-state index contributed by atoms with van der Waals surface area (Å²) in [6.07, 6.45) is 3.28. The maximum absolute atomic E-state index is 13.2. The number of hydrogen-bond donors (Lipinski definition) is 1. The van der Waals surface area contributed by atoms with E-state index in [0.29, 0.717) is 12.8 Å². The molecule has 0 bridgehead atoms. The van der Waals surface area contributed by atoms with Gasteiger partial charge < -0.3 is 9.84 Å². The van der Waals surface area contributed by atoms with Crippen molar-refractivity contribution in [2.45, 2.75) is 31.3 Å². The second-order valence-corrected chi connectivity index (χ2v) is 4.29. The molecule has 1 saturated carbocycles. The summed E-state index contributed by atoms with van der Waals surface area (Å²) in [5.74, 6) is -1.38. The summed E-state index contributed by atoms with van der Waals surface area (Å²) in [5, 5.41) is 9.98. The largest absolute Gasteiger partial charge is 0.488 e. The highest BCUT2D eigenvalue weighted by Crippen LogP contribution is 2.30.